The molecule has 0 saturated carbocycles. The van der Waals surface area contributed by atoms with E-state index in [1.165, 1.54) is 17.3 Å². The average molecular weight is 510 g/mol. The van der Waals surface area contributed by atoms with Gasteiger partial charge >= 0.3 is 5.97 Å². The molecule has 1 aromatic carbocycles. The van der Waals surface area contributed by atoms with Crippen LogP contribution >= 0.6 is 23.1 Å². The minimum absolute atomic E-state index is 0.0995. The molecule has 2 N–H and O–H groups in total. The Kier molecular flexibility index (Phi) is 7.42. The molecule has 0 aliphatic carbocycles. The second kappa shape index (κ2) is 10.3. The van der Waals surface area contributed by atoms with Crippen LogP contribution in [0.1, 0.15) is 57.2 Å². The molecule has 1 aliphatic heterocycles. The van der Waals surface area contributed by atoms with E-state index < -0.39 is 0 Å². The molecule has 184 valence electrons. The van der Waals surface area contributed by atoms with Gasteiger partial charge in [0.15, 0.2) is 5.50 Å². The molecule has 0 bridgehead atoms. The van der Waals surface area contributed by atoms with Crippen LogP contribution < -0.4 is 10.6 Å². The smallest absolute Gasteiger partial charge is 0.341 e. The molecule has 0 spiro atoms. The fraction of sp³-hybridized carbons (Fsp3) is 0.333. The number of ether oxygens (including phenoxy) is 1. The first kappa shape index (κ1) is 25.1. The van der Waals surface area contributed by atoms with Gasteiger partial charge in [-0.2, -0.15) is 0 Å². The van der Waals surface area contributed by atoms with Crippen molar-refractivity contribution in [1.29, 1.82) is 0 Å². The number of anilines is 1. The molecule has 1 atom stereocenters. The van der Waals surface area contributed by atoms with Crippen molar-refractivity contribution in [2.75, 3.05) is 11.9 Å². The third-order valence-corrected chi connectivity index (χ3v) is 8.42. The minimum atomic E-state index is -0.302. The number of aryl methyl sites for hydroxylation is 3. The Hall–Kier alpha value is -2.97. The van der Waals surface area contributed by atoms with Crippen molar-refractivity contribution < 1.29 is 14.3 Å². The predicted octanol–water partition coefficient (Wildman–Crippen LogP) is 6.11. The number of aromatic nitrogens is 1. The molecular formula is C27H31N3O3S2. The summed E-state index contributed by atoms with van der Waals surface area (Å²) in [5.74, 6) is -0.402. The van der Waals surface area contributed by atoms with Gasteiger partial charge in [-0.1, -0.05) is 30.8 Å². The summed E-state index contributed by atoms with van der Waals surface area (Å²) in [4.78, 5) is 27.2. The maximum atomic E-state index is 12.7. The molecule has 4 rings (SSSR count). The number of thiophene rings is 1. The van der Waals surface area contributed by atoms with Gasteiger partial charge < -0.3 is 19.9 Å². The number of hydrogen-bond donors (Lipinski definition) is 2. The number of rotatable bonds is 7. The molecule has 3 aromatic rings. The summed E-state index contributed by atoms with van der Waals surface area (Å²) in [6.45, 7) is 12.3. The number of amides is 1. The van der Waals surface area contributed by atoms with Crippen LogP contribution in [0, 0.1) is 27.7 Å². The van der Waals surface area contributed by atoms with Crippen molar-refractivity contribution in [3.63, 3.8) is 0 Å². The van der Waals surface area contributed by atoms with E-state index >= 15 is 0 Å². The first-order chi connectivity index (χ1) is 16.7. The molecule has 3 heterocycles. The number of esters is 1. The van der Waals surface area contributed by atoms with E-state index in [1.807, 2.05) is 52.8 Å². The van der Waals surface area contributed by atoms with Crippen LogP contribution in [-0.2, 0) is 16.0 Å². The lowest BCUT2D eigenvalue weighted by atomic mass is 10.1. The largest absolute Gasteiger partial charge is 0.462 e. The van der Waals surface area contributed by atoms with Crippen LogP contribution in [-0.4, -0.2) is 28.5 Å². The van der Waals surface area contributed by atoms with Crippen LogP contribution in [0.25, 0.3) is 11.1 Å². The SMILES string of the molecule is CCOC(=O)c1c(-n2c(C)cc(/C=C3\S[C@H](Nc4ccc(CC)cc4)NC3=O)c2C)sc(C)c1C. The monoisotopic (exact) mass is 509 g/mol. The highest BCUT2D eigenvalue weighted by molar-refractivity contribution is 8.05. The Morgan fingerprint density at radius 3 is 2.54 bits per heavy atom. The van der Waals surface area contributed by atoms with Crippen molar-refractivity contribution >= 4 is 46.7 Å². The van der Waals surface area contributed by atoms with Crippen LogP contribution in [0.3, 0.4) is 0 Å². The van der Waals surface area contributed by atoms with Gasteiger partial charge in [0.2, 0.25) is 0 Å². The fourth-order valence-corrected chi connectivity index (χ4v) is 6.38. The number of nitrogens with one attached hydrogen (secondary N) is 2. The first-order valence-corrected chi connectivity index (χ1v) is 13.4. The van der Waals surface area contributed by atoms with Gasteiger partial charge in [0.1, 0.15) is 5.00 Å². The number of thioether (sulfide) groups is 1. The number of hydrogen-bond acceptors (Lipinski definition) is 6. The molecule has 0 unspecified atom stereocenters. The zero-order valence-electron chi connectivity index (χ0n) is 20.9. The van der Waals surface area contributed by atoms with E-state index in [-0.39, 0.29) is 17.4 Å². The van der Waals surface area contributed by atoms with Crippen molar-refractivity contribution in [3.05, 3.63) is 73.8 Å². The maximum absolute atomic E-state index is 12.7. The fourth-order valence-electron chi connectivity index (χ4n) is 4.15. The van der Waals surface area contributed by atoms with Crippen molar-refractivity contribution in [3.8, 4) is 5.00 Å². The normalized spacial score (nSPS) is 16.6. The van der Waals surface area contributed by atoms with Gasteiger partial charge in [-0.05, 0) is 82.0 Å². The van der Waals surface area contributed by atoms with E-state index in [4.69, 9.17) is 4.74 Å². The van der Waals surface area contributed by atoms with E-state index in [0.29, 0.717) is 17.1 Å². The number of nitrogens with zero attached hydrogens (tertiary/aromatic N) is 1. The van der Waals surface area contributed by atoms with E-state index in [1.54, 1.807) is 11.3 Å². The third-order valence-electron chi connectivity index (χ3n) is 6.20. The standard InChI is InChI=1S/C27H31N3O3S2/c1-7-19-9-11-21(12-10-19)28-27-29-24(31)22(35-27)14-20-13-15(3)30(17(20)5)25-23(26(32)33-8-2)16(4)18(6)34-25/h9-14,27-28H,7-8H2,1-6H3,(H,29,31)/b22-14-/t27-/m1/s1. The first-order valence-electron chi connectivity index (χ1n) is 11.7. The van der Waals surface area contributed by atoms with Crippen LogP contribution in [0.2, 0.25) is 0 Å². The maximum Gasteiger partial charge on any atom is 0.341 e. The highest BCUT2D eigenvalue weighted by Crippen LogP contribution is 2.36. The zero-order valence-corrected chi connectivity index (χ0v) is 22.6. The van der Waals surface area contributed by atoms with E-state index in [0.717, 1.165) is 44.5 Å². The van der Waals surface area contributed by atoms with Gasteiger partial charge in [0, 0.05) is 22.0 Å². The van der Waals surface area contributed by atoms with Crippen molar-refractivity contribution in [2.24, 2.45) is 0 Å². The number of carbonyl (C=O) groups is 2. The molecular weight excluding hydrogens is 478 g/mol. The highest BCUT2D eigenvalue weighted by atomic mass is 32.2. The lowest BCUT2D eigenvalue weighted by molar-refractivity contribution is -0.116. The van der Waals surface area contributed by atoms with Crippen molar-refractivity contribution in [2.45, 2.75) is 53.5 Å². The Labute approximate surface area is 214 Å². The Morgan fingerprint density at radius 2 is 1.89 bits per heavy atom. The van der Waals surface area contributed by atoms with Gasteiger partial charge in [-0.15, -0.1) is 11.3 Å². The molecule has 1 amide bonds. The number of benzene rings is 1. The topological polar surface area (TPSA) is 72.4 Å². The van der Waals surface area contributed by atoms with Gasteiger partial charge in [0.05, 0.1) is 17.1 Å². The third kappa shape index (κ3) is 5.04. The van der Waals surface area contributed by atoms with Crippen LogP contribution in [0.5, 0.6) is 0 Å². The number of carbonyl (C=O) groups excluding carboxylic acids is 2. The van der Waals surface area contributed by atoms with E-state index in [2.05, 4.69) is 40.3 Å². The van der Waals surface area contributed by atoms with Gasteiger partial charge in [-0.25, -0.2) is 4.79 Å². The Morgan fingerprint density at radius 1 is 1.17 bits per heavy atom. The Balaban J connectivity index is 1.61. The molecule has 0 radical (unpaired) electrons. The summed E-state index contributed by atoms with van der Waals surface area (Å²) >= 11 is 3.05. The zero-order chi connectivity index (χ0) is 25.3. The molecule has 6 nitrogen and oxygen atoms in total. The van der Waals surface area contributed by atoms with Gasteiger partial charge in [-0.3, -0.25) is 4.79 Å². The van der Waals surface area contributed by atoms with E-state index in [9.17, 15) is 9.59 Å². The minimum Gasteiger partial charge on any atom is -0.462 e. The molecule has 35 heavy (non-hydrogen) atoms. The molecule has 1 fully saturated rings. The van der Waals surface area contributed by atoms with Crippen LogP contribution in [0.15, 0.2) is 35.2 Å². The predicted molar refractivity (Wildman–Crippen MR) is 145 cm³/mol. The van der Waals surface area contributed by atoms with Crippen LogP contribution in [0.4, 0.5) is 5.69 Å². The lowest BCUT2D eigenvalue weighted by Crippen LogP contribution is -2.30. The second-order valence-electron chi connectivity index (χ2n) is 8.52. The molecule has 1 aliphatic rings. The summed E-state index contributed by atoms with van der Waals surface area (Å²) in [6, 6.07) is 10.3. The molecule has 1 saturated heterocycles. The molecule has 8 heteroatoms. The molecule has 2 aromatic heterocycles. The van der Waals surface area contributed by atoms with Gasteiger partial charge in [0.25, 0.3) is 5.91 Å². The second-order valence-corrected chi connectivity index (χ2v) is 10.9. The summed E-state index contributed by atoms with van der Waals surface area (Å²) < 4.78 is 7.43. The summed E-state index contributed by atoms with van der Waals surface area (Å²) in [6.07, 6.45) is 2.92. The van der Waals surface area contributed by atoms with Crippen molar-refractivity contribution in [1.82, 2.24) is 9.88 Å². The summed E-state index contributed by atoms with van der Waals surface area (Å²) in [5.41, 5.74) is 6.49. The lowest BCUT2D eigenvalue weighted by Gasteiger charge is -2.12. The average Bonchev–Trinajstić information content (AvgIpc) is 3.41. The summed E-state index contributed by atoms with van der Waals surface area (Å²) in [5, 5.41) is 7.23. The highest BCUT2D eigenvalue weighted by Gasteiger charge is 2.28. The Bertz CT molecular complexity index is 1300. The quantitative estimate of drug-likeness (QED) is 0.297. The summed E-state index contributed by atoms with van der Waals surface area (Å²) in [7, 11) is 0.